The van der Waals surface area contributed by atoms with Crippen LogP contribution in [0.2, 0.25) is 5.02 Å². The summed E-state index contributed by atoms with van der Waals surface area (Å²) in [6.07, 6.45) is -0.421. The van der Waals surface area contributed by atoms with E-state index in [1.807, 2.05) is 6.07 Å². The van der Waals surface area contributed by atoms with Crippen LogP contribution in [0.1, 0.15) is 11.1 Å². The van der Waals surface area contributed by atoms with Crippen LogP contribution in [-0.4, -0.2) is 25.2 Å². The van der Waals surface area contributed by atoms with Gasteiger partial charge in [-0.05, 0) is 47.5 Å². The lowest BCUT2D eigenvalue weighted by Crippen LogP contribution is -2.28. The monoisotopic (exact) mass is 456 g/mol. The molecular weight excluding hydrogens is 435 g/mol. The van der Waals surface area contributed by atoms with E-state index in [1.165, 1.54) is 12.1 Å². The first-order valence-corrected chi connectivity index (χ1v) is 10.3. The van der Waals surface area contributed by atoms with E-state index in [0.29, 0.717) is 16.5 Å². The number of rotatable bonds is 9. The Bertz CT molecular complexity index is 1040. The van der Waals surface area contributed by atoms with Crippen LogP contribution >= 0.6 is 11.6 Å². The second kappa shape index (κ2) is 11.7. The summed E-state index contributed by atoms with van der Waals surface area (Å²) in [5.41, 5.74) is 2.10. The van der Waals surface area contributed by atoms with Crippen LogP contribution in [0.4, 0.5) is 14.9 Å². The molecule has 2 amide bonds. The van der Waals surface area contributed by atoms with Gasteiger partial charge in [0.1, 0.15) is 24.8 Å². The van der Waals surface area contributed by atoms with Crippen LogP contribution in [0.5, 0.6) is 5.75 Å². The topological polar surface area (TPSA) is 76.7 Å². The highest BCUT2D eigenvalue weighted by molar-refractivity contribution is 6.32. The summed E-state index contributed by atoms with van der Waals surface area (Å²) in [5.74, 6) is -0.000690. The Labute approximate surface area is 190 Å². The zero-order valence-electron chi connectivity index (χ0n) is 17.1. The van der Waals surface area contributed by atoms with Crippen molar-refractivity contribution in [3.8, 4) is 5.75 Å². The Kier molecular flexibility index (Phi) is 8.45. The molecule has 166 valence electrons. The Morgan fingerprint density at radius 1 is 0.906 bits per heavy atom. The maximum atomic E-state index is 12.9. The molecule has 0 aromatic heterocycles. The molecule has 0 aliphatic rings. The molecule has 32 heavy (non-hydrogen) atoms. The summed E-state index contributed by atoms with van der Waals surface area (Å²) >= 11 is 5.99. The number of alkyl carbamates (subject to hydrolysis) is 1. The standard InChI is InChI=1S/C24H22ClFN2O4/c25-21-3-1-2-4-22(21)31-14-13-27-24(30)32-16-18-7-11-20(12-8-18)28-23(29)15-17-5-9-19(26)10-6-17/h1-12H,13-16H2,(H,27,30)(H,28,29). The normalized spacial score (nSPS) is 10.3. The van der Waals surface area contributed by atoms with Gasteiger partial charge in [-0.25, -0.2) is 9.18 Å². The summed E-state index contributed by atoms with van der Waals surface area (Å²) in [4.78, 5) is 23.9. The van der Waals surface area contributed by atoms with Gasteiger partial charge in [-0.2, -0.15) is 0 Å². The van der Waals surface area contributed by atoms with Crippen molar-refractivity contribution < 1.29 is 23.5 Å². The average Bonchev–Trinajstić information content (AvgIpc) is 2.79. The Morgan fingerprint density at radius 2 is 1.59 bits per heavy atom. The first kappa shape index (κ1) is 23.1. The van der Waals surface area contributed by atoms with Crippen LogP contribution in [0, 0.1) is 5.82 Å². The molecule has 2 N–H and O–H groups in total. The van der Waals surface area contributed by atoms with E-state index in [0.717, 1.165) is 11.1 Å². The van der Waals surface area contributed by atoms with Crippen LogP contribution < -0.4 is 15.4 Å². The van der Waals surface area contributed by atoms with Gasteiger partial charge in [0.25, 0.3) is 0 Å². The minimum atomic E-state index is -0.565. The average molecular weight is 457 g/mol. The minimum Gasteiger partial charge on any atom is -0.490 e. The fraction of sp³-hybridized carbons (Fsp3) is 0.167. The van der Waals surface area contributed by atoms with Gasteiger partial charge < -0.3 is 20.1 Å². The third-order valence-corrected chi connectivity index (χ3v) is 4.66. The molecule has 0 saturated heterocycles. The highest BCUT2D eigenvalue weighted by Crippen LogP contribution is 2.22. The number of para-hydroxylation sites is 1. The van der Waals surface area contributed by atoms with Crippen molar-refractivity contribution in [2.24, 2.45) is 0 Å². The summed E-state index contributed by atoms with van der Waals surface area (Å²) in [7, 11) is 0. The molecule has 0 radical (unpaired) electrons. The van der Waals surface area contributed by atoms with Crippen molar-refractivity contribution in [3.05, 3.63) is 94.8 Å². The molecule has 0 unspecified atom stereocenters. The van der Waals surface area contributed by atoms with Gasteiger partial charge in [0.15, 0.2) is 0 Å². The molecule has 8 heteroatoms. The second-order valence-corrected chi connectivity index (χ2v) is 7.24. The lowest BCUT2D eigenvalue weighted by molar-refractivity contribution is -0.115. The number of anilines is 1. The number of carbonyl (C=O) groups is 2. The van der Waals surface area contributed by atoms with E-state index < -0.39 is 6.09 Å². The molecule has 3 aromatic carbocycles. The zero-order valence-corrected chi connectivity index (χ0v) is 17.9. The molecule has 0 heterocycles. The quantitative estimate of drug-likeness (QED) is 0.446. The van der Waals surface area contributed by atoms with Crippen molar-refractivity contribution >= 4 is 29.3 Å². The molecule has 0 atom stereocenters. The lowest BCUT2D eigenvalue weighted by Gasteiger charge is -2.10. The highest BCUT2D eigenvalue weighted by atomic mass is 35.5. The fourth-order valence-corrected chi connectivity index (χ4v) is 2.94. The van der Waals surface area contributed by atoms with Crippen molar-refractivity contribution in [1.82, 2.24) is 5.32 Å². The van der Waals surface area contributed by atoms with Crippen LogP contribution in [0.15, 0.2) is 72.8 Å². The molecule has 0 aliphatic carbocycles. The zero-order chi connectivity index (χ0) is 22.8. The van der Waals surface area contributed by atoms with Gasteiger partial charge in [-0.15, -0.1) is 0 Å². The van der Waals surface area contributed by atoms with E-state index in [4.69, 9.17) is 21.1 Å². The predicted molar refractivity (Wildman–Crippen MR) is 120 cm³/mol. The lowest BCUT2D eigenvalue weighted by atomic mass is 10.1. The van der Waals surface area contributed by atoms with Crippen molar-refractivity contribution in [1.29, 1.82) is 0 Å². The third kappa shape index (κ3) is 7.59. The fourth-order valence-electron chi connectivity index (χ4n) is 2.75. The summed E-state index contributed by atoms with van der Waals surface area (Å²) in [6, 6.07) is 19.8. The van der Waals surface area contributed by atoms with E-state index in [9.17, 15) is 14.0 Å². The first-order valence-electron chi connectivity index (χ1n) is 9.91. The molecule has 0 saturated carbocycles. The van der Waals surface area contributed by atoms with Crippen molar-refractivity contribution in [3.63, 3.8) is 0 Å². The maximum Gasteiger partial charge on any atom is 0.407 e. The Balaban J connectivity index is 1.35. The number of amides is 2. The largest absolute Gasteiger partial charge is 0.490 e. The maximum absolute atomic E-state index is 12.9. The van der Waals surface area contributed by atoms with Crippen molar-refractivity contribution in [2.75, 3.05) is 18.5 Å². The number of ether oxygens (including phenoxy) is 2. The van der Waals surface area contributed by atoms with Crippen molar-refractivity contribution in [2.45, 2.75) is 13.0 Å². The molecule has 3 rings (SSSR count). The van der Waals surface area contributed by atoms with E-state index in [1.54, 1.807) is 54.6 Å². The molecule has 3 aromatic rings. The van der Waals surface area contributed by atoms with Gasteiger partial charge in [0.2, 0.25) is 5.91 Å². The van der Waals surface area contributed by atoms with Gasteiger partial charge in [-0.1, -0.05) is 48.0 Å². The van der Waals surface area contributed by atoms with Crippen LogP contribution in [-0.2, 0) is 22.6 Å². The summed E-state index contributed by atoms with van der Waals surface area (Å²) in [6.45, 7) is 0.606. The molecule has 0 spiro atoms. The first-order chi connectivity index (χ1) is 15.5. The number of halogens is 2. The van der Waals surface area contributed by atoms with Gasteiger partial charge in [-0.3, -0.25) is 4.79 Å². The SMILES string of the molecule is O=C(Cc1ccc(F)cc1)Nc1ccc(COC(=O)NCCOc2ccccc2Cl)cc1. The minimum absolute atomic E-state index is 0.0843. The van der Waals surface area contributed by atoms with E-state index in [-0.39, 0.29) is 37.9 Å². The summed E-state index contributed by atoms with van der Waals surface area (Å²) < 4.78 is 23.6. The predicted octanol–water partition coefficient (Wildman–Crippen LogP) is 4.97. The highest BCUT2D eigenvalue weighted by Gasteiger charge is 2.06. The van der Waals surface area contributed by atoms with Crippen LogP contribution in [0.25, 0.3) is 0 Å². The van der Waals surface area contributed by atoms with E-state index >= 15 is 0 Å². The Hall–Kier alpha value is -3.58. The van der Waals surface area contributed by atoms with Gasteiger partial charge in [0, 0.05) is 5.69 Å². The summed E-state index contributed by atoms with van der Waals surface area (Å²) in [5, 5.41) is 5.87. The van der Waals surface area contributed by atoms with Crippen LogP contribution in [0.3, 0.4) is 0 Å². The Morgan fingerprint density at radius 3 is 2.31 bits per heavy atom. The molecule has 0 fully saturated rings. The number of nitrogens with one attached hydrogen (secondary N) is 2. The molecule has 0 bridgehead atoms. The number of hydrogen-bond donors (Lipinski definition) is 2. The van der Waals surface area contributed by atoms with E-state index in [2.05, 4.69) is 10.6 Å². The smallest absolute Gasteiger partial charge is 0.407 e. The molecular formula is C24H22ClFN2O4. The number of benzene rings is 3. The number of carbonyl (C=O) groups excluding carboxylic acids is 2. The third-order valence-electron chi connectivity index (χ3n) is 4.35. The second-order valence-electron chi connectivity index (χ2n) is 6.83. The van der Waals surface area contributed by atoms with Gasteiger partial charge >= 0.3 is 6.09 Å². The number of hydrogen-bond acceptors (Lipinski definition) is 4. The van der Waals surface area contributed by atoms with Gasteiger partial charge in [0.05, 0.1) is 18.0 Å². The molecule has 0 aliphatic heterocycles. The molecule has 6 nitrogen and oxygen atoms in total.